The Morgan fingerprint density at radius 1 is 1.38 bits per heavy atom. The maximum absolute atomic E-state index is 11.7. The first kappa shape index (κ1) is 16.3. The summed E-state index contributed by atoms with van der Waals surface area (Å²) in [6, 6.07) is 7.68. The van der Waals surface area contributed by atoms with Gasteiger partial charge in [0.2, 0.25) is 4.96 Å². The van der Waals surface area contributed by atoms with Gasteiger partial charge in [-0.3, -0.25) is 5.32 Å². The van der Waals surface area contributed by atoms with Crippen LogP contribution in [0.1, 0.15) is 19.8 Å². The molecule has 24 heavy (non-hydrogen) atoms. The van der Waals surface area contributed by atoms with E-state index >= 15 is 0 Å². The zero-order valence-corrected chi connectivity index (χ0v) is 14.3. The van der Waals surface area contributed by atoms with Crippen molar-refractivity contribution in [1.82, 2.24) is 14.6 Å². The van der Waals surface area contributed by atoms with Crippen LogP contribution in [0.2, 0.25) is 0 Å². The highest BCUT2D eigenvalue weighted by Crippen LogP contribution is 2.32. The number of anilines is 1. The zero-order valence-electron chi connectivity index (χ0n) is 13.5. The molecule has 1 aromatic carbocycles. The zero-order chi connectivity index (χ0) is 16.9. The second-order valence-electron chi connectivity index (χ2n) is 5.07. The molecule has 0 aliphatic carbocycles. The lowest BCUT2D eigenvalue weighted by molar-refractivity contribution is 0.159. The van der Waals surface area contributed by atoms with E-state index in [4.69, 9.17) is 9.47 Å². The van der Waals surface area contributed by atoms with Gasteiger partial charge in [0.1, 0.15) is 5.75 Å². The van der Waals surface area contributed by atoms with Gasteiger partial charge in [0.25, 0.3) is 5.95 Å². The van der Waals surface area contributed by atoms with Crippen molar-refractivity contribution in [2.45, 2.75) is 19.8 Å². The number of aromatic nitrogens is 3. The number of hydrogen-bond acceptors (Lipinski definition) is 6. The normalized spacial score (nSPS) is 10.8. The summed E-state index contributed by atoms with van der Waals surface area (Å²) in [6.07, 6.45) is 1.26. The molecule has 0 unspecified atom stereocenters. The summed E-state index contributed by atoms with van der Waals surface area (Å²) < 4.78 is 12.1. The van der Waals surface area contributed by atoms with Gasteiger partial charge >= 0.3 is 6.09 Å². The molecule has 2 heterocycles. The minimum atomic E-state index is -0.541. The van der Waals surface area contributed by atoms with Crippen LogP contribution in [0.15, 0.2) is 29.6 Å². The van der Waals surface area contributed by atoms with Gasteiger partial charge in [-0.25, -0.2) is 9.31 Å². The molecule has 0 bridgehead atoms. The monoisotopic (exact) mass is 346 g/mol. The van der Waals surface area contributed by atoms with Crippen molar-refractivity contribution < 1.29 is 14.3 Å². The summed E-state index contributed by atoms with van der Waals surface area (Å²) in [6.45, 7) is 2.42. The third-order valence-corrected chi connectivity index (χ3v) is 4.23. The summed E-state index contributed by atoms with van der Waals surface area (Å²) >= 11 is 1.44. The van der Waals surface area contributed by atoms with Crippen LogP contribution in [0, 0.1) is 0 Å². The standard InChI is InChI=1S/C16H18N4O3S/c1-3-4-9-23-16(21)18-14-17-15-20(19-14)12(10-24-15)11-7-5-6-8-13(11)22-2/h5-8,10H,3-4,9H2,1-2H3,(H,18,19,21). The molecule has 0 atom stereocenters. The van der Waals surface area contributed by atoms with Crippen LogP contribution in [-0.4, -0.2) is 34.4 Å². The molecule has 8 heteroatoms. The highest BCUT2D eigenvalue weighted by Gasteiger charge is 2.15. The lowest BCUT2D eigenvalue weighted by Crippen LogP contribution is -2.15. The van der Waals surface area contributed by atoms with Gasteiger partial charge in [-0.1, -0.05) is 25.5 Å². The second-order valence-corrected chi connectivity index (χ2v) is 5.90. The fraction of sp³-hybridized carbons (Fsp3) is 0.312. The van der Waals surface area contributed by atoms with E-state index in [2.05, 4.69) is 15.4 Å². The Hall–Kier alpha value is -2.61. The molecular formula is C16H18N4O3S. The number of ether oxygens (including phenoxy) is 2. The van der Waals surface area contributed by atoms with Crippen LogP contribution in [-0.2, 0) is 4.74 Å². The minimum Gasteiger partial charge on any atom is -0.496 e. The summed E-state index contributed by atoms with van der Waals surface area (Å²) in [5.41, 5.74) is 1.76. The number of hydrogen-bond donors (Lipinski definition) is 1. The SMILES string of the molecule is CCCCOC(=O)Nc1nc2scc(-c3ccccc3OC)n2n1. The minimum absolute atomic E-state index is 0.222. The van der Waals surface area contributed by atoms with E-state index < -0.39 is 6.09 Å². The fourth-order valence-electron chi connectivity index (χ4n) is 2.21. The lowest BCUT2D eigenvalue weighted by atomic mass is 10.1. The molecule has 0 saturated heterocycles. The van der Waals surface area contributed by atoms with Crippen LogP contribution in [0.4, 0.5) is 10.7 Å². The van der Waals surface area contributed by atoms with E-state index in [0.29, 0.717) is 11.6 Å². The number of benzene rings is 1. The molecule has 3 rings (SSSR count). The molecule has 3 aromatic rings. The maximum atomic E-state index is 11.7. The van der Waals surface area contributed by atoms with E-state index in [0.717, 1.165) is 29.8 Å². The number of amides is 1. The van der Waals surface area contributed by atoms with Gasteiger partial charge in [0, 0.05) is 10.9 Å². The first-order chi connectivity index (χ1) is 11.7. The Morgan fingerprint density at radius 2 is 2.21 bits per heavy atom. The molecule has 126 valence electrons. The van der Waals surface area contributed by atoms with Crippen LogP contribution < -0.4 is 10.1 Å². The number of fused-ring (bicyclic) bond motifs is 1. The van der Waals surface area contributed by atoms with Crippen LogP contribution >= 0.6 is 11.3 Å². The largest absolute Gasteiger partial charge is 0.496 e. The Labute approximate surface area is 143 Å². The Balaban J connectivity index is 1.83. The number of thiazole rings is 1. The molecule has 2 aromatic heterocycles. The number of para-hydroxylation sites is 1. The Kier molecular flexibility index (Phi) is 4.95. The van der Waals surface area contributed by atoms with Gasteiger partial charge in [0.05, 0.1) is 19.4 Å². The van der Waals surface area contributed by atoms with Crippen LogP contribution in [0.25, 0.3) is 16.2 Å². The predicted molar refractivity (Wildman–Crippen MR) is 92.7 cm³/mol. The summed E-state index contributed by atoms with van der Waals surface area (Å²) in [4.78, 5) is 16.7. The number of rotatable bonds is 6. The highest BCUT2D eigenvalue weighted by molar-refractivity contribution is 7.15. The molecule has 0 fully saturated rings. The number of nitrogens with one attached hydrogen (secondary N) is 1. The molecule has 7 nitrogen and oxygen atoms in total. The van der Waals surface area contributed by atoms with Gasteiger partial charge in [-0.05, 0) is 18.6 Å². The Morgan fingerprint density at radius 3 is 3.00 bits per heavy atom. The highest BCUT2D eigenvalue weighted by atomic mass is 32.1. The van der Waals surface area contributed by atoms with Gasteiger partial charge in [0.15, 0.2) is 0 Å². The maximum Gasteiger partial charge on any atom is 0.414 e. The number of carbonyl (C=O) groups excluding carboxylic acids is 1. The van der Waals surface area contributed by atoms with Crippen molar-refractivity contribution in [2.24, 2.45) is 0 Å². The van der Waals surface area contributed by atoms with Gasteiger partial charge in [-0.15, -0.1) is 16.4 Å². The molecule has 0 radical (unpaired) electrons. The number of nitrogens with zero attached hydrogens (tertiary/aromatic N) is 3. The van der Waals surface area contributed by atoms with E-state index in [1.807, 2.05) is 36.6 Å². The summed E-state index contributed by atoms with van der Waals surface area (Å²) in [5.74, 6) is 0.973. The van der Waals surface area contributed by atoms with E-state index in [1.165, 1.54) is 11.3 Å². The van der Waals surface area contributed by atoms with E-state index in [9.17, 15) is 4.79 Å². The van der Waals surface area contributed by atoms with Gasteiger partial charge < -0.3 is 9.47 Å². The molecule has 0 saturated carbocycles. The molecule has 1 amide bonds. The van der Waals surface area contributed by atoms with Crippen LogP contribution in [0.5, 0.6) is 5.75 Å². The van der Waals surface area contributed by atoms with Crippen molar-refractivity contribution in [3.63, 3.8) is 0 Å². The number of unbranched alkanes of at least 4 members (excludes halogenated alkanes) is 1. The lowest BCUT2D eigenvalue weighted by Gasteiger charge is -2.06. The average Bonchev–Trinajstić information content (AvgIpc) is 3.15. The average molecular weight is 346 g/mol. The molecular weight excluding hydrogens is 328 g/mol. The summed E-state index contributed by atoms with van der Waals surface area (Å²) in [7, 11) is 1.63. The molecule has 0 aliphatic rings. The van der Waals surface area contributed by atoms with Gasteiger partial charge in [-0.2, -0.15) is 4.98 Å². The van der Waals surface area contributed by atoms with Crippen molar-refractivity contribution in [3.8, 4) is 17.0 Å². The third kappa shape index (κ3) is 3.33. The predicted octanol–water partition coefficient (Wildman–Crippen LogP) is 3.82. The van der Waals surface area contributed by atoms with Crippen molar-refractivity contribution in [1.29, 1.82) is 0 Å². The number of carbonyl (C=O) groups is 1. The molecule has 1 N–H and O–H groups in total. The third-order valence-electron chi connectivity index (χ3n) is 3.41. The van der Waals surface area contributed by atoms with E-state index in [-0.39, 0.29) is 5.95 Å². The first-order valence-corrected chi connectivity index (χ1v) is 8.52. The van der Waals surface area contributed by atoms with Crippen molar-refractivity contribution in [2.75, 3.05) is 19.0 Å². The quantitative estimate of drug-likeness (QED) is 0.687. The fourth-order valence-corrected chi connectivity index (χ4v) is 3.03. The molecule has 0 spiro atoms. The number of methoxy groups -OCH3 is 1. The van der Waals surface area contributed by atoms with Crippen molar-refractivity contribution >= 4 is 28.3 Å². The first-order valence-electron chi connectivity index (χ1n) is 7.64. The smallest absolute Gasteiger partial charge is 0.414 e. The molecule has 0 aliphatic heterocycles. The van der Waals surface area contributed by atoms with Crippen molar-refractivity contribution in [3.05, 3.63) is 29.6 Å². The second kappa shape index (κ2) is 7.31. The summed E-state index contributed by atoms with van der Waals surface area (Å²) in [5, 5.41) is 8.85. The van der Waals surface area contributed by atoms with E-state index in [1.54, 1.807) is 11.6 Å². The topological polar surface area (TPSA) is 77.8 Å². The Bertz CT molecular complexity index is 843. The van der Waals surface area contributed by atoms with Crippen LogP contribution in [0.3, 0.4) is 0 Å².